The highest BCUT2D eigenvalue weighted by Crippen LogP contribution is 2.34. The zero-order chi connectivity index (χ0) is 14.8. The van der Waals surface area contributed by atoms with Crippen LogP contribution < -0.4 is 10.0 Å². The maximum Gasteiger partial charge on any atom is 0.253 e. The number of carbonyl (C=O) groups is 1. The number of rotatable bonds is 4. The molecule has 1 aromatic carbocycles. The minimum absolute atomic E-state index is 0.00680. The molecule has 1 amide bonds. The topological polar surface area (TPSA) is 80.5 Å². The standard InChI is InChI=1S/C12H15ClN2O3S2/c13-9-1-6-12(19-7-9)20(17,18)15(8-16)11-4-2-10(14)3-5-11/h2-5,8-9,12H,1,6-7,14H2. The van der Waals surface area contributed by atoms with Crippen molar-refractivity contribution in [3.05, 3.63) is 24.3 Å². The number of thioether (sulfide) groups is 1. The summed E-state index contributed by atoms with van der Waals surface area (Å²) in [5.41, 5.74) is 6.36. The lowest BCUT2D eigenvalue weighted by atomic mass is 10.2. The predicted molar refractivity (Wildman–Crippen MR) is 83.4 cm³/mol. The molecule has 2 rings (SSSR count). The number of carbonyl (C=O) groups excluding carboxylic acids is 1. The van der Waals surface area contributed by atoms with E-state index >= 15 is 0 Å². The van der Waals surface area contributed by atoms with Crippen LogP contribution in [0.2, 0.25) is 0 Å². The lowest BCUT2D eigenvalue weighted by Crippen LogP contribution is -2.38. The number of nitrogen functional groups attached to an aromatic ring is 1. The van der Waals surface area contributed by atoms with E-state index in [9.17, 15) is 13.2 Å². The van der Waals surface area contributed by atoms with Crippen molar-refractivity contribution in [1.82, 2.24) is 0 Å². The number of hydrogen-bond acceptors (Lipinski definition) is 5. The lowest BCUT2D eigenvalue weighted by Gasteiger charge is -2.28. The third kappa shape index (κ3) is 3.21. The number of amides is 1. The van der Waals surface area contributed by atoms with Gasteiger partial charge in [-0.3, -0.25) is 4.79 Å². The van der Waals surface area contributed by atoms with Gasteiger partial charge in [-0.1, -0.05) is 0 Å². The molecule has 2 N–H and O–H groups in total. The third-order valence-electron chi connectivity index (χ3n) is 3.03. The van der Waals surface area contributed by atoms with Crippen molar-refractivity contribution in [2.24, 2.45) is 0 Å². The summed E-state index contributed by atoms with van der Waals surface area (Å²) in [7, 11) is -3.73. The average Bonchev–Trinajstić information content (AvgIpc) is 2.42. The molecular weight excluding hydrogens is 320 g/mol. The van der Waals surface area contributed by atoms with Crippen LogP contribution in [0.4, 0.5) is 11.4 Å². The SMILES string of the molecule is Nc1ccc(N(C=O)S(=O)(=O)C2CCC(Cl)CS2)cc1. The summed E-state index contributed by atoms with van der Waals surface area (Å²) in [6, 6.07) is 6.15. The van der Waals surface area contributed by atoms with Crippen LogP contribution in [0.15, 0.2) is 24.3 Å². The molecule has 1 fully saturated rings. The number of benzene rings is 1. The first kappa shape index (κ1) is 15.5. The van der Waals surface area contributed by atoms with Crippen molar-refractivity contribution in [3.63, 3.8) is 0 Å². The Labute approximate surface area is 127 Å². The van der Waals surface area contributed by atoms with Gasteiger partial charge in [0.2, 0.25) is 6.41 Å². The molecule has 1 heterocycles. The molecule has 20 heavy (non-hydrogen) atoms. The zero-order valence-corrected chi connectivity index (χ0v) is 13.0. The van der Waals surface area contributed by atoms with E-state index < -0.39 is 14.6 Å². The number of alkyl halides is 1. The Morgan fingerprint density at radius 2 is 1.95 bits per heavy atom. The molecule has 0 radical (unpaired) electrons. The lowest BCUT2D eigenvalue weighted by molar-refractivity contribution is -0.106. The summed E-state index contributed by atoms with van der Waals surface area (Å²) in [5, 5.41) is -0.00680. The first-order valence-electron chi connectivity index (χ1n) is 6.05. The van der Waals surface area contributed by atoms with Crippen molar-refractivity contribution < 1.29 is 13.2 Å². The van der Waals surface area contributed by atoms with E-state index in [1.807, 2.05) is 0 Å². The Hall–Kier alpha value is -0.920. The second-order valence-corrected chi connectivity index (χ2v) is 8.62. The molecule has 2 atom stereocenters. The maximum absolute atomic E-state index is 12.5. The number of sulfonamides is 1. The van der Waals surface area contributed by atoms with E-state index in [2.05, 4.69) is 0 Å². The van der Waals surface area contributed by atoms with Crippen LogP contribution in [-0.4, -0.2) is 30.5 Å². The van der Waals surface area contributed by atoms with Crippen LogP contribution in [0, 0.1) is 0 Å². The smallest absolute Gasteiger partial charge is 0.253 e. The van der Waals surface area contributed by atoms with Crippen molar-refractivity contribution in [3.8, 4) is 0 Å². The first-order chi connectivity index (χ1) is 9.45. The van der Waals surface area contributed by atoms with Gasteiger partial charge >= 0.3 is 0 Å². The Balaban J connectivity index is 2.25. The molecule has 5 nitrogen and oxygen atoms in total. The number of hydrogen-bond donors (Lipinski definition) is 1. The molecule has 0 bridgehead atoms. The van der Waals surface area contributed by atoms with Crippen LogP contribution in [0.5, 0.6) is 0 Å². The van der Waals surface area contributed by atoms with Crippen molar-refractivity contribution >= 4 is 51.2 Å². The summed E-state index contributed by atoms with van der Waals surface area (Å²) in [6.07, 6.45) is 1.40. The van der Waals surface area contributed by atoms with Gasteiger partial charge in [0.25, 0.3) is 10.0 Å². The van der Waals surface area contributed by atoms with Gasteiger partial charge in [0.15, 0.2) is 0 Å². The van der Waals surface area contributed by atoms with E-state index in [-0.39, 0.29) is 5.38 Å². The monoisotopic (exact) mass is 334 g/mol. The van der Waals surface area contributed by atoms with E-state index in [4.69, 9.17) is 17.3 Å². The molecule has 0 aliphatic carbocycles. The second kappa shape index (κ2) is 6.24. The fraction of sp³-hybridized carbons (Fsp3) is 0.417. The molecule has 0 spiro atoms. The highest BCUT2D eigenvalue weighted by Gasteiger charge is 2.35. The van der Waals surface area contributed by atoms with Gasteiger partial charge in [-0.25, -0.2) is 12.7 Å². The molecule has 1 aliphatic heterocycles. The third-order valence-corrected chi connectivity index (χ3v) is 7.67. The van der Waals surface area contributed by atoms with E-state index in [0.29, 0.717) is 36.4 Å². The molecule has 2 unspecified atom stereocenters. The quantitative estimate of drug-likeness (QED) is 0.517. The van der Waals surface area contributed by atoms with Crippen molar-refractivity contribution in [2.45, 2.75) is 22.8 Å². The Morgan fingerprint density at radius 3 is 2.45 bits per heavy atom. The molecule has 1 saturated heterocycles. The maximum atomic E-state index is 12.5. The van der Waals surface area contributed by atoms with Gasteiger partial charge in [-0.2, -0.15) is 0 Å². The largest absolute Gasteiger partial charge is 0.399 e. The summed E-state index contributed by atoms with van der Waals surface area (Å²) >= 11 is 7.24. The summed E-state index contributed by atoms with van der Waals surface area (Å²) in [4.78, 5) is 11.2. The minimum Gasteiger partial charge on any atom is -0.399 e. The van der Waals surface area contributed by atoms with Crippen LogP contribution in [0.25, 0.3) is 0 Å². The van der Waals surface area contributed by atoms with Gasteiger partial charge < -0.3 is 5.73 Å². The second-order valence-electron chi connectivity index (χ2n) is 4.48. The Bertz CT molecular complexity index is 569. The van der Waals surface area contributed by atoms with Crippen LogP contribution in [0.1, 0.15) is 12.8 Å². The van der Waals surface area contributed by atoms with E-state index in [1.165, 1.54) is 23.9 Å². The van der Waals surface area contributed by atoms with Gasteiger partial charge in [0, 0.05) is 16.8 Å². The Morgan fingerprint density at radius 1 is 1.30 bits per heavy atom. The normalized spacial score (nSPS) is 23.2. The van der Waals surface area contributed by atoms with Gasteiger partial charge in [0.1, 0.15) is 4.58 Å². The number of halogens is 1. The minimum atomic E-state index is -3.73. The van der Waals surface area contributed by atoms with Gasteiger partial charge in [-0.05, 0) is 37.1 Å². The van der Waals surface area contributed by atoms with Crippen LogP contribution >= 0.6 is 23.4 Å². The molecule has 0 aromatic heterocycles. The fourth-order valence-corrected chi connectivity index (χ4v) is 5.61. The molecular formula is C12H15ClN2O3S2. The van der Waals surface area contributed by atoms with Gasteiger partial charge in [-0.15, -0.1) is 23.4 Å². The Kier molecular flexibility index (Phi) is 4.82. The number of nitrogens with zero attached hydrogens (tertiary/aromatic N) is 1. The van der Waals surface area contributed by atoms with Gasteiger partial charge in [0.05, 0.1) is 5.69 Å². The van der Waals surface area contributed by atoms with Crippen molar-refractivity contribution in [2.75, 3.05) is 15.8 Å². The fourth-order valence-electron chi connectivity index (χ4n) is 1.95. The highest BCUT2D eigenvalue weighted by atomic mass is 35.5. The summed E-state index contributed by atoms with van der Waals surface area (Å²) in [5.74, 6) is 0.569. The predicted octanol–water partition coefficient (Wildman–Crippen LogP) is 2.02. The number of anilines is 2. The first-order valence-corrected chi connectivity index (χ1v) is 9.03. The van der Waals surface area contributed by atoms with E-state index in [0.717, 1.165) is 4.31 Å². The zero-order valence-electron chi connectivity index (χ0n) is 10.6. The molecule has 8 heteroatoms. The van der Waals surface area contributed by atoms with E-state index in [1.54, 1.807) is 12.1 Å². The molecule has 1 aliphatic rings. The van der Waals surface area contributed by atoms with Crippen molar-refractivity contribution in [1.29, 1.82) is 0 Å². The molecule has 0 saturated carbocycles. The van der Waals surface area contributed by atoms with Crippen LogP contribution in [0.3, 0.4) is 0 Å². The average molecular weight is 335 g/mol. The number of nitrogens with two attached hydrogens (primary N) is 1. The molecule has 1 aromatic rings. The summed E-state index contributed by atoms with van der Waals surface area (Å²) < 4.78 is 25.2. The van der Waals surface area contributed by atoms with Crippen LogP contribution in [-0.2, 0) is 14.8 Å². The highest BCUT2D eigenvalue weighted by molar-refractivity contribution is 8.14. The molecule has 110 valence electrons. The summed E-state index contributed by atoms with van der Waals surface area (Å²) in [6.45, 7) is 0.